The molecule has 18 nitrogen and oxygen atoms in total. The fourth-order valence-electron chi connectivity index (χ4n) is 2.21. The zero-order valence-corrected chi connectivity index (χ0v) is 24.4. The topological polar surface area (TPSA) is 262 Å². The molecule has 3 unspecified atom stereocenters. The monoisotopic (exact) mass is 633 g/mol. The molecule has 0 heterocycles. The van der Waals surface area contributed by atoms with E-state index in [1.54, 1.807) is 0 Å². The SMILES string of the molecule is CCC(COP(=O)([O-])[O-])OP(=O)([O-])OCCOCCOCCOCCOCCOCCOP(=O)([O-])OCCN. The van der Waals surface area contributed by atoms with Crippen molar-refractivity contribution in [1.82, 2.24) is 0 Å². The standard InChI is InChI=1S/C18H42NO17P3/c1-2-18(17-35-37(20,21)22)36-39(25,26)34-16-14-31-12-10-29-8-6-27-5-7-28-9-11-30-13-15-33-38(23,24)32-4-3-19/h18H,2-17,19H2,1H3,(H,23,24)(H,25,26)(H2,20,21,22)/p-4. The lowest BCUT2D eigenvalue weighted by atomic mass is 10.3. The molecule has 0 aromatic carbocycles. The van der Waals surface area contributed by atoms with Crippen LogP contribution in [0.4, 0.5) is 0 Å². The van der Waals surface area contributed by atoms with Gasteiger partial charge in [-0.15, -0.1) is 0 Å². The molecular weight excluding hydrogens is 595 g/mol. The van der Waals surface area contributed by atoms with Gasteiger partial charge in [0, 0.05) is 6.54 Å². The first-order chi connectivity index (χ1) is 18.4. The number of hydrogen-bond donors (Lipinski definition) is 1. The van der Waals surface area contributed by atoms with Gasteiger partial charge < -0.3 is 76.2 Å². The molecule has 0 radical (unpaired) electrons. The summed E-state index contributed by atoms with van der Waals surface area (Å²) >= 11 is 0. The summed E-state index contributed by atoms with van der Waals surface area (Å²) in [5, 5.41) is 0. The molecule has 0 bridgehead atoms. The molecule has 236 valence electrons. The highest BCUT2D eigenvalue weighted by atomic mass is 31.2. The Balaban J connectivity index is 3.48. The van der Waals surface area contributed by atoms with Crippen LogP contribution >= 0.6 is 23.5 Å². The lowest BCUT2D eigenvalue weighted by molar-refractivity contribution is -0.343. The fraction of sp³-hybridized carbons (Fsp3) is 1.00. The van der Waals surface area contributed by atoms with Crippen LogP contribution in [0.15, 0.2) is 0 Å². The van der Waals surface area contributed by atoms with Crippen LogP contribution in [0.25, 0.3) is 0 Å². The van der Waals surface area contributed by atoms with E-state index < -0.39 is 36.2 Å². The molecule has 0 saturated heterocycles. The van der Waals surface area contributed by atoms with Gasteiger partial charge in [0.15, 0.2) is 0 Å². The molecule has 21 heteroatoms. The Morgan fingerprint density at radius 3 is 1.28 bits per heavy atom. The average Bonchev–Trinajstić information content (AvgIpc) is 2.86. The summed E-state index contributed by atoms with van der Waals surface area (Å²) in [4.78, 5) is 43.9. The summed E-state index contributed by atoms with van der Waals surface area (Å²) in [6, 6.07) is 0. The molecule has 2 N–H and O–H groups in total. The molecule has 0 aromatic heterocycles. The summed E-state index contributed by atoms with van der Waals surface area (Å²) in [6.45, 7) is 2.34. The third kappa shape index (κ3) is 28.0. The largest absolute Gasteiger partial charge is 0.790 e. The first-order valence-corrected chi connectivity index (χ1v) is 16.3. The summed E-state index contributed by atoms with van der Waals surface area (Å²) in [5.74, 6) is 0. The summed E-state index contributed by atoms with van der Waals surface area (Å²) in [6.07, 6.45) is -1.12. The number of hydrogen-bond acceptors (Lipinski definition) is 18. The quantitative estimate of drug-likeness (QED) is 0.0667. The van der Waals surface area contributed by atoms with Gasteiger partial charge in [-0.25, -0.2) is 0 Å². The molecule has 0 spiro atoms. The van der Waals surface area contributed by atoms with Gasteiger partial charge in [-0.1, -0.05) is 6.92 Å². The van der Waals surface area contributed by atoms with Crippen molar-refractivity contribution in [3.8, 4) is 0 Å². The summed E-state index contributed by atoms with van der Waals surface area (Å²) in [7, 11) is -14.3. The van der Waals surface area contributed by atoms with Crippen LogP contribution in [0.3, 0.4) is 0 Å². The van der Waals surface area contributed by atoms with Crippen LogP contribution in [0.1, 0.15) is 13.3 Å². The molecule has 0 saturated carbocycles. The van der Waals surface area contributed by atoms with E-state index in [9.17, 15) is 33.3 Å². The highest BCUT2D eigenvalue weighted by molar-refractivity contribution is 7.46. The Morgan fingerprint density at radius 1 is 0.564 bits per heavy atom. The molecule has 0 aliphatic heterocycles. The Hall–Kier alpha value is 0.0900. The van der Waals surface area contributed by atoms with Crippen LogP contribution in [0.5, 0.6) is 0 Å². The van der Waals surface area contributed by atoms with E-state index in [4.69, 9.17) is 29.4 Å². The van der Waals surface area contributed by atoms with Gasteiger partial charge >= 0.3 is 0 Å². The minimum atomic E-state index is -5.24. The van der Waals surface area contributed by atoms with Crippen molar-refractivity contribution in [1.29, 1.82) is 0 Å². The number of ether oxygens (including phenoxy) is 5. The van der Waals surface area contributed by atoms with Crippen molar-refractivity contribution in [3.63, 3.8) is 0 Å². The van der Waals surface area contributed by atoms with Gasteiger partial charge in [-0.3, -0.25) is 9.13 Å². The van der Waals surface area contributed by atoms with Crippen molar-refractivity contribution in [3.05, 3.63) is 0 Å². The Kier molecular flexibility index (Phi) is 23.7. The van der Waals surface area contributed by atoms with E-state index in [-0.39, 0.29) is 72.4 Å². The van der Waals surface area contributed by atoms with Gasteiger partial charge in [-0.05, 0) is 6.42 Å². The van der Waals surface area contributed by atoms with Gasteiger partial charge in [0.1, 0.15) is 0 Å². The first-order valence-electron chi connectivity index (χ1n) is 11.9. The minimum absolute atomic E-state index is 0.0513. The lowest BCUT2D eigenvalue weighted by Gasteiger charge is -2.32. The van der Waals surface area contributed by atoms with Crippen LogP contribution < -0.4 is 25.3 Å². The van der Waals surface area contributed by atoms with Crippen LogP contribution in [-0.4, -0.2) is 105 Å². The van der Waals surface area contributed by atoms with Crippen LogP contribution in [0, 0.1) is 0 Å². The third-order valence-electron chi connectivity index (χ3n) is 3.96. The molecule has 0 amide bonds. The Labute approximate surface area is 227 Å². The van der Waals surface area contributed by atoms with E-state index >= 15 is 0 Å². The maximum Gasteiger partial charge on any atom is 0.268 e. The Bertz CT molecular complexity index is 727. The zero-order valence-electron chi connectivity index (χ0n) is 21.8. The molecule has 0 fully saturated rings. The van der Waals surface area contributed by atoms with Gasteiger partial charge in [0.05, 0.1) is 106 Å². The van der Waals surface area contributed by atoms with Crippen molar-refractivity contribution < 1.29 is 79.6 Å². The summed E-state index contributed by atoms with van der Waals surface area (Å²) in [5.41, 5.74) is 5.13. The highest BCUT2D eigenvalue weighted by Gasteiger charge is 2.17. The number of phosphoric ester groups is 3. The predicted molar refractivity (Wildman–Crippen MR) is 125 cm³/mol. The second-order valence-corrected chi connectivity index (χ2v) is 11.1. The molecule has 3 atom stereocenters. The first kappa shape index (κ1) is 39.1. The normalized spacial score (nSPS) is 16.2. The second-order valence-electron chi connectivity index (χ2n) is 7.12. The smallest absolute Gasteiger partial charge is 0.268 e. The average molecular weight is 633 g/mol. The maximum absolute atomic E-state index is 11.7. The van der Waals surface area contributed by atoms with Crippen molar-refractivity contribution in [2.75, 3.05) is 99.0 Å². The van der Waals surface area contributed by atoms with Gasteiger partial charge in [0.2, 0.25) is 0 Å². The van der Waals surface area contributed by atoms with E-state index in [0.29, 0.717) is 26.4 Å². The number of phosphoric acid groups is 3. The predicted octanol–water partition coefficient (Wildman–Crippen LogP) is -2.34. The molecule has 0 aromatic rings. The Morgan fingerprint density at radius 2 is 0.923 bits per heavy atom. The molecule has 39 heavy (non-hydrogen) atoms. The number of rotatable bonds is 29. The van der Waals surface area contributed by atoms with Crippen molar-refractivity contribution in [2.24, 2.45) is 5.73 Å². The minimum Gasteiger partial charge on any atom is -0.790 e. The van der Waals surface area contributed by atoms with Crippen molar-refractivity contribution >= 4 is 23.5 Å². The molecule has 0 aliphatic carbocycles. The van der Waals surface area contributed by atoms with Gasteiger partial charge in [0.25, 0.3) is 15.6 Å². The van der Waals surface area contributed by atoms with Crippen LogP contribution in [-0.2, 0) is 60.0 Å². The zero-order chi connectivity index (χ0) is 29.5. The fourth-order valence-corrected chi connectivity index (χ4v) is 4.19. The van der Waals surface area contributed by atoms with E-state index in [2.05, 4.69) is 22.6 Å². The molecule has 0 rings (SSSR count). The van der Waals surface area contributed by atoms with Crippen molar-refractivity contribution in [2.45, 2.75) is 19.4 Å². The van der Waals surface area contributed by atoms with Crippen LogP contribution in [0.2, 0.25) is 0 Å². The van der Waals surface area contributed by atoms with E-state index in [0.717, 1.165) is 0 Å². The number of nitrogens with two attached hydrogens (primary N) is 1. The summed E-state index contributed by atoms with van der Waals surface area (Å²) < 4.78 is 81.9. The second kappa shape index (κ2) is 23.6. The van der Waals surface area contributed by atoms with E-state index in [1.807, 2.05) is 0 Å². The highest BCUT2D eigenvalue weighted by Crippen LogP contribution is 2.41. The molecular formula is C18H38NO17P3-4. The third-order valence-corrected chi connectivity index (χ3v) is 6.48. The lowest BCUT2D eigenvalue weighted by Crippen LogP contribution is -2.25. The van der Waals surface area contributed by atoms with E-state index in [1.165, 1.54) is 6.92 Å². The van der Waals surface area contributed by atoms with Gasteiger partial charge in [-0.2, -0.15) is 0 Å². The maximum atomic E-state index is 11.7. The molecule has 0 aliphatic rings.